The zero-order valence-electron chi connectivity index (χ0n) is 8.86. The molecule has 1 aliphatic carbocycles. The third-order valence-corrected chi connectivity index (χ3v) is 4.19. The molecule has 0 radical (unpaired) electrons. The first kappa shape index (κ1) is 10.2. The molecule has 1 heterocycles. The zero-order valence-corrected chi connectivity index (χ0v) is 9.68. The van der Waals surface area contributed by atoms with Gasteiger partial charge in [-0.25, -0.2) is 0 Å². The number of thiophene rings is 1. The second-order valence-corrected chi connectivity index (χ2v) is 5.93. The molecule has 14 heavy (non-hydrogen) atoms. The van der Waals surface area contributed by atoms with Crippen molar-refractivity contribution in [3.63, 3.8) is 0 Å². The predicted octanol–water partition coefficient (Wildman–Crippen LogP) is 3.09. The zero-order chi connectivity index (χ0) is 10.2. The Morgan fingerprint density at radius 1 is 1.57 bits per heavy atom. The summed E-state index contributed by atoms with van der Waals surface area (Å²) in [5.74, 6) is 1.46. The van der Waals surface area contributed by atoms with Gasteiger partial charge in [0, 0.05) is 11.3 Å². The Bertz CT molecular complexity index is 283. The Kier molecular flexibility index (Phi) is 2.67. The predicted molar refractivity (Wildman–Crippen MR) is 60.5 cm³/mol. The molecule has 1 N–H and O–H groups in total. The number of aliphatic hydroxyl groups is 1. The second-order valence-electron chi connectivity index (χ2n) is 4.89. The molecule has 2 heteroatoms. The van der Waals surface area contributed by atoms with Gasteiger partial charge in [-0.05, 0) is 36.1 Å². The van der Waals surface area contributed by atoms with Crippen molar-refractivity contribution < 1.29 is 5.11 Å². The SMILES string of the molecule is CC(C)C1CC(O)(Cc2cccs2)C1. The Morgan fingerprint density at radius 3 is 2.79 bits per heavy atom. The van der Waals surface area contributed by atoms with Crippen LogP contribution < -0.4 is 0 Å². The normalized spacial score (nSPS) is 31.9. The van der Waals surface area contributed by atoms with E-state index in [1.807, 2.05) is 0 Å². The van der Waals surface area contributed by atoms with Crippen molar-refractivity contribution in [1.82, 2.24) is 0 Å². The molecule has 1 aromatic heterocycles. The van der Waals surface area contributed by atoms with Crippen LogP contribution in [0.15, 0.2) is 17.5 Å². The van der Waals surface area contributed by atoms with E-state index < -0.39 is 0 Å². The lowest BCUT2D eigenvalue weighted by Crippen LogP contribution is -2.47. The lowest BCUT2D eigenvalue weighted by Gasteiger charge is -2.45. The minimum atomic E-state index is -0.389. The summed E-state index contributed by atoms with van der Waals surface area (Å²) in [4.78, 5) is 1.31. The summed E-state index contributed by atoms with van der Waals surface area (Å²) < 4.78 is 0. The smallest absolute Gasteiger partial charge is 0.0701 e. The van der Waals surface area contributed by atoms with Crippen molar-refractivity contribution in [1.29, 1.82) is 0 Å². The van der Waals surface area contributed by atoms with Gasteiger partial charge >= 0.3 is 0 Å². The van der Waals surface area contributed by atoms with Gasteiger partial charge in [-0.3, -0.25) is 0 Å². The molecule has 1 saturated carbocycles. The average molecular weight is 210 g/mol. The van der Waals surface area contributed by atoms with Gasteiger partial charge < -0.3 is 5.11 Å². The van der Waals surface area contributed by atoms with Crippen molar-refractivity contribution in [3.05, 3.63) is 22.4 Å². The van der Waals surface area contributed by atoms with Crippen LogP contribution in [-0.4, -0.2) is 10.7 Å². The molecule has 0 aliphatic heterocycles. The van der Waals surface area contributed by atoms with E-state index in [-0.39, 0.29) is 5.60 Å². The standard InChI is InChI=1S/C12H18OS/c1-9(2)10-6-12(13,7-10)8-11-4-3-5-14-11/h3-5,9-10,13H,6-8H2,1-2H3. The van der Waals surface area contributed by atoms with Crippen LogP contribution >= 0.6 is 11.3 Å². The van der Waals surface area contributed by atoms with Gasteiger partial charge in [-0.2, -0.15) is 0 Å². The molecule has 0 unspecified atom stereocenters. The molecule has 1 nitrogen and oxygen atoms in total. The fourth-order valence-corrected chi connectivity index (χ4v) is 3.11. The van der Waals surface area contributed by atoms with Crippen molar-refractivity contribution in [2.24, 2.45) is 11.8 Å². The van der Waals surface area contributed by atoms with E-state index in [9.17, 15) is 5.11 Å². The minimum absolute atomic E-state index is 0.389. The van der Waals surface area contributed by atoms with E-state index in [4.69, 9.17) is 0 Å². The van der Waals surface area contributed by atoms with Gasteiger partial charge in [-0.15, -0.1) is 11.3 Å². The molecule has 78 valence electrons. The van der Waals surface area contributed by atoms with Crippen molar-refractivity contribution in [2.75, 3.05) is 0 Å². The van der Waals surface area contributed by atoms with Crippen LogP contribution in [-0.2, 0) is 6.42 Å². The summed E-state index contributed by atoms with van der Waals surface area (Å²) in [6.45, 7) is 4.49. The van der Waals surface area contributed by atoms with Crippen LogP contribution in [0.2, 0.25) is 0 Å². The van der Waals surface area contributed by atoms with E-state index in [1.54, 1.807) is 11.3 Å². The fourth-order valence-electron chi connectivity index (χ4n) is 2.27. The largest absolute Gasteiger partial charge is 0.389 e. The Labute approximate surface area is 89.8 Å². The summed E-state index contributed by atoms with van der Waals surface area (Å²) in [6.07, 6.45) is 2.83. The fraction of sp³-hybridized carbons (Fsp3) is 0.667. The van der Waals surface area contributed by atoms with Crippen LogP contribution in [0.1, 0.15) is 31.6 Å². The highest BCUT2D eigenvalue weighted by atomic mass is 32.1. The highest BCUT2D eigenvalue weighted by Crippen LogP contribution is 2.44. The maximum absolute atomic E-state index is 10.2. The third kappa shape index (κ3) is 2.01. The Hall–Kier alpha value is -0.340. The molecular formula is C12H18OS. The number of hydrogen-bond donors (Lipinski definition) is 1. The molecule has 0 amide bonds. The van der Waals surface area contributed by atoms with Gasteiger partial charge in [0.05, 0.1) is 5.60 Å². The molecule has 1 aliphatic rings. The van der Waals surface area contributed by atoms with E-state index >= 15 is 0 Å². The van der Waals surface area contributed by atoms with E-state index in [0.717, 1.165) is 31.1 Å². The summed E-state index contributed by atoms with van der Waals surface area (Å²) >= 11 is 1.75. The summed E-state index contributed by atoms with van der Waals surface area (Å²) in [7, 11) is 0. The molecule has 0 saturated heterocycles. The van der Waals surface area contributed by atoms with E-state index in [0.29, 0.717) is 0 Å². The quantitative estimate of drug-likeness (QED) is 0.813. The molecule has 1 aromatic rings. The van der Waals surface area contributed by atoms with Crippen molar-refractivity contribution in [3.8, 4) is 0 Å². The lowest BCUT2D eigenvalue weighted by atomic mass is 9.65. The highest BCUT2D eigenvalue weighted by molar-refractivity contribution is 7.09. The Balaban J connectivity index is 1.89. The van der Waals surface area contributed by atoms with Gasteiger partial charge in [0.25, 0.3) is 0 Å². The summed E-state index contributed by atoms with van der Waals surface area (Å²) in [5, 5.41) is 12.3. The first-order valence-corrected chi connectivity index (χ1v) is 6.22. The summed E-state index contributed by atoms with van der Waals surface area (Å²) in [5.41, 5.74) is -0.389. The van der Waals surface area contributed by atoms with Gasteiger partial charge in [0.15, 0.2) is 0 Å². The van der Waals surface area contributed by atoms with Crippen LogP contribution in [0, 0.1) is 11.8 Å². The Morgan fingerprint density at radius 2 is 2.29 bits per heavy atom. The van der Waals surface area contributed by atoms with Crippen LogP contribution in [0.3, 0.4) is 0 Å². The van der Waals surface area contributed by atoms with E-state index in [2.05, 4.69) is 31.4 Å². The average Bonchev–Trinajstić information content (AvgIpc) is 2.51. The van der Waals surface area contributed by atoms with Gasteiger partial charge in [-0.1, -0.05) is 19.9 Å². The monoisotopic (exact) mass is 210 g/mol. The lowest BCUT2D eigenvalue weighted by molar-refractivity contribution is -0.0854. The molecular weight excluding hydrogens is 192 g/mol. The second kappa shape index (κ2) is 3.67. The topological polar surface area (TPSA) is 20.2 Å². The molecule has 0 aromatic carbocycles. The molecule has 0 spiro atoms. The number of hydrogen-bond acceptors (Lipinski definition) is 2. The number of rotatable bonds is 3. The van der Waals surface area contributed by atoms with Crippen molar-refractivity contribution in [2.45, 2.75) is 38.7 Å². The van der Waals surface area contributed by atoms with Crippen LogP contribution in [0.4, 0.5) is 0 Å². The molecule has 1 fully saturated rings. The maximum Gasteiger partial charge on any atom is 0.0701 e. The highest BCUT2D eigenvalue weighted by Gasteiger charge is 2.43. The summed E-state index contributed by atoms with van der Waals surface area (Å²) in [6, 6.07) is 4.17. The van der Waals surface area contributed by atoms with E-state index in [1.165, 1.54) is 4.88 Å². The van der Waals surface area contributed by atoms with Crippen LogP contribution in [0.25, 0.3) is 0 Å². The van der Waals surface area contributed by atoms with Crippen molar-refractivity contribution >= 4 is 11.3 Å². The molecule has 2 rings (SSSR count). The van der Waals surface area contributed by atoms with Crippen LogP contribution in [0.5, 0.6) is 0 Å². The first-order chi connectivity index (χ1) is 6.59. The van der Waals surface area contributed by atoms with Gasteiger partial charge in [0.1, 0.15) is 0 Å². The minimum Gasteiger partial charge on any atom is -0.389 e. The molecule has 0 bridgehead atoms. The maximum atomic E-state index is 10.2. The third-order valence-electron chi connectivity index (χ3n) is 3.31. The first-order valence-electron chi connectivity index (χ1n) is 5.34. The molecule has 0 atom stereocenters. The van der Waals surface area contributed by atoms with Gasteiger partial charge in [0.2, 0.25) is 0 Å².